The van der Waals surface area contributed by atoms with E-state index in [0.717, 1.165) is 30.6 Å². The van der Waals surface area contributed by atoms with Crippen LogP contribution >= 0.6 is 0 Å². The van der Waals surface area contributed by atoms with Crippen molar-refractivity contribution in [2.45, 2.75) is 32.1 Å². The largest absolute Gasteiger partial charge is 0.457 e. The van der Waals surface area contributed by atoms with Gasteiger partial charge in [-0.15, -0.1) is 0 Å². The molecule has 0 aromatic heterocycles. The van der Waals surface area contributed by atoms with E-state index < -0.39 is 0 Å². The van der Waals surface area contributed by atoms with Crippen LogP contribution in [-0.2, 0) is 9.59 Å². The number of hydrogen-bond donors (Lipinski definition) is 0. The van der Waals surface area contributed by atoms with Gasteiger partial charge in [0.1, 0.15) is 11.5 Å². The number of benzene rings is 3. The summed E-state index contributed by atoms with van der Waals surface area (Å²) in [7, 11) is 0. The molecule has 3 aromatic rings. The third-order valence-electron chi connectivity index (χ3n) is 6.61. The van der Waals surface area contributed by atoms with Gasteiger partial charge in [0.05, 0.1) is 17.5 Å². The Kier molecular flexibility index (Phi) is 5.06. The lowest BCUT2D eigenvalue weighted by Gasteiger charge is -2.28. The standard InChI is InChI=1S/C27H25NO3/c1-18-7-5-6-10-25(18)31-22-14-12-21(13-15-22)28-26(29)23-16-11-20(17-24(23)27(28)30)19-8-3-2-4-9-19/h2-10,12-15,20,23-24H,11,16-17H2,1H3. The number of hydrogen-bond acceptors (Lipinski definition) is 3. The zero-order valence-corrected chi connectivity index (χ0v) is 17.5. The number of carbonyl (C=O) groups excluding carboxylic acids is 2. The van der Waals surface area contributed by atoms with Gasteiger partial charge in [-0.2, -0.15) is 0 Å². The van der Waals surface area contributed by atoms with E-state index >= 15 is 0 Å². The maximum Gasteiger partial charge on any atom is 0.237 e. The van der Waals surface area contributed by atoms with Gasteiger partial charge in [-0.05, 0) is 73.6 Å². The Morgan fingerprint density at radius 2 is 1.45 bits per heavy atom. The van der Waals surface area contributed by atoms with E-state index in [0.29, 0.717) is 17.4 Å². The molecule has 31 heavy (non-hydrogen) atoms. The van der Waals surface area contributed by atoms with Crippen molar-refractivity contribution in [3.05, 3.63) is 90.0 Å². The number of carbonyl (C=O) groups is 2. The molecule has 1 heterocycles. The van der Waals surface area contributed by atoms with E-state index in [1.165, 1.54) is 10.5 Å². The first-order valence-electron chi connectivity index (χ1n) is 10.9. The van der Waals surface area contributed by atoms with E-state index in [-0.39, 0.29) is 23.7 Å². The average Bonchev–Trinajstić information content (AvgIpc) is 3.06. The van der Waals surface area contributed by atoms with Crippen LogP contribution in [-0.4, -0.2) is 11.8 Å². The first-order valence-corrected chi connectivity index (χ1v) is 10.9. The summed E-state index contributed by atoms with van der Waals surface area (Å²) in [5.41, 5.74) is 2.93. The summed E-state index contributed by atoms with van der Waals surface area (Å²) in [5.74, 6) is 1.26. The van der Waals surface area contributed by atoms with E-state index in [1.807, 2.05) is 61.5 Å². The molecule has 1 aliphatic carbocycles. The zero-order valence-electron chi connectivity index (χ0n) is 17.5. The molecule has 4 heteroatoms. The number of imide groups is 1. The van der Waals surface area contributed by atoms with Gasteiger partial charge in [-0.3, -0.25) is 14.5 Å². The normalized spacial score (nSPS) is 23.0. The highest BCUT2D eigenvalue weighted by atomic mass is 16.5. The fourth-order valence-corrected chi connectivity index (χ4v) is 4.92. The van der Waals surface area contributed by atoms with Crippen molar-refractivity contribution in [1.29, 1.82) is 0 Å². The van der Waals surface area contributed by atoms with E-state index in [9.17, 15) is 9.59 Å². The monoisotopic (exact) mass is 411 g/mol. The van der Waals surface area contributed by atoms with Gasteiger partial charge in [0, 0.05) is 0 Å². The molecular weight excluding hydrogens is 386 g/mol. The predicted molar refractivity (Wildman–Crippen MR) is 120 cm³/mol. The number of amides is 2. The third-order valence-corrected chi connectivity index (χ3v) is 6.61. The van der Waals surface area contributed by atoms with Crippen molar-refractivity contribution >= 4 is 17.5 Å². The van der Waals surface area contributed by atoms with Crippen molar-refractivity contribution in [1.82, 2.24) is 0 Å². The van der Waals surface area contributed by atoms with Crippen LogP contribution in [0.25, 0.3) is 0 Å². The lowest BCUT2D eigenvalue weighted by molar-refractivity contribution is -0.122. The Labute approximate surface area is 182 Å². The fourth-order valence-electron chi connectivity index (χ4n) is 4.92. The Morgan fingerprint density at radius 3 is 2.19 bits per heavy atom. The van der Waals surface area contributed by atoms with Gasteiger partial charge in [-0.25, -0.2) is 0 Å². The first kappa shape index (κ1) is 19.6. The van der Waals surface area contributed by atoms with Crippen molar-refractivity contribution in [2.75, 3.05) is 4.90 Å². The van der Waals surface area contributed by atoms with Crippen LogP contribution in [0.2, 0.25) is 0 Å². The van der Waals surface area contributed by atoms with Gasteiger partial charge >= 0.3 is 0 Å². The van der Waals surface area contributed by atoms with Gasteiger partial charge in [-0.1, -0.05) is 48.5 Å². The first-order chi connectivity index (χ1) is 15.1. The Balaban J connectivity index is 1.33. The van der Waals surface area contributed by atoms with Crippen LogP contribution in [0, 0.1) is 18.8 Å². The van der Waals surface area contributed by atoms with Gasteiger partial charge in [0.25, 0.3) is 0 Å². The summed E-state index contributed by atoms with van der Waals surface area (Å²) in [4.78, 5) is 27.7. The van der Waals surface area contributed by atoms with Crippen molar-refractivity contribution in [2.24, 2.45) is 11.8 Å². The molecule has 3 unspecified atom stereocenters. The van der Waals surface area contributed by atoms with Gasteiger partial charge < -0.3 is 4.74 Å². The number of ether oxygens (including phenoxy) is 1. The highest BCUT2D eigenvalue weighted by molar-refractivity contribution is 6.22. The number of nitrogens with zero attached hydrogens (tertiary/aromatic N) is 1. The van der Waals surface area contributed by atoms with Crippen LogP contribution in [0.15, 0.2) is 78.9 Å². The smallest absolute Gasteiger partial charge is 0.237 e. The zero-order chi connectivity index (χ0) is 21.4. The summed E-state index contributed by atoms with van der Waals surface area (Å²) < 4.78 is 5.95. The average molecular weight is 412 g/mol. The topological polar surface area (TPSA) is 46.6 Å². The second-order valence-corrected chi connectivity index (χ2v) is 8.51. The molecule has 5 rings (SSSR count). The molecule has 0 bridgehead atoms. The molecule has 156 valence electrons. The summed E-state index contributed by atoms with van der Waals surface area (Å²) in [6, 6.07) is 25.4. The molecule has 1 aliphatic heterocycles. The summed E-state index contributed by atoms with van der Waals surface area (Å²) in [6.07, 6.45) is 2.45. The molecular formula is C27H25NO3. The molecule has 2 aliphatic rings. The number of anilines is 1. The molecule has 0 spiro atoms. The minimum atomic E-state index is -0.227. The van der Waals surface area contributed by atoms with Crippen LogP contribution in [0.3, 0.4) is 0 Å². The van der Waals surface area contributed by atoms with Gasteiger partial charge in [0.2, 0.25) is 11.8 Å². The predicted octanol–water partition coefficient (Wildman–Crippen LogP) is 5.86. The molecule has 2 fully saturated rings. The van der Waals surface area contributed by atoms with Gasteiger partial charge in [0.15, 0.2) is 0 Å². The van der Waals surface area contributed by atoms with Crippen LogP contribution < -0.4 is 9.64 Å². The fraction of sp³-hybridized carbons (Fsp3) is 0.259. The Morgan fingerprint density at radius 1 is 0.774 bits per heavy atom. The Hall–Kier alpha value is -3.40. The van der Waals surface area contributed by atoms with E-state index in [4.69, 9.17) is 4.74 Å². The van der Waals surface area contributed by atoms with Crippen LogP contribution in [0.1, 0.15) is 36.3 Å². The minimum absolute atomic E-state index is 0.0610. The summed E-state index contributed by atoms with van der Waals surface area (Å²) in [5, 5.41) is 0. The lowest BCUT2D eigenvalue weighted by Crippen LogP contribution is -2.30. The van der Waals surface area contributed by atoms with Crippen molar-refractivity contribution in [3.63, 3.8) is 0 Å². The summed E-state index contributed by atoms with van der Waals surface area (Å²) >= 11 is 0. The summed E-state index contributed by atoms with van der Waals surface area (Å²) in [6.45, 7) is 2.00. The number of aryl methyl sites for hydroxylation is 1. The second-order valence-electron chi connectivity index (χ2n) is 8.51. The lowest BCUT2D eigenvalue weighted by atomic mass is 9.73. The number of para-hydroxylation sites is 1. The highest BCUT2D eigenvalue weighted by Gasteiger charge is 2.50. The van der Waals surface area contributed by atoms with Crippen molar-refractivity contribution < 1.29 is 14.3 Å². The molecule has 1 saturated heterocycles. The van der Waals surface area contributed by atoms with Crippen LogP contribution in [0.4, 0.5) is 5.69 Å². The molecule has 3 aromatic carbocycles. The highest BCUT2D eigenvalue weighted by Crippen LogP contribution is 2.45. The third kappa shape index (κ3) is 3.63. The minimum Gasteiger partial charge on any atom is -0.457 e. The van der Waals surface area contributed by atoms with E-state index in [1.54, 1.807) is 12.1 Å². The molecule has 2 amide bonds. The Bertz CT molecular complexity index is 1110. The molecule has 0 radical (unpaired) electrons. The SMILES string of the molecule is Cc1ccccc1Oc1ccc(N2C(=O)C3CCC(c4ccccc4)CC3C2=O)cc1. The molecule has 4 nitrogen and oxygen atoms in total. The maximum absolute atomic E-state index is 13.2. The number of fused-ring (bicyclic) bond motifs is 1. The molecule has 3 atom stereocenters. The molecule has 1 saturated carbocycles. The van der Waals surface area contributed by atoms with Crippen molar-refractivity contribution in [3.8, 4) is 11.5 Å². The van der Waals surface area contributed by atoms with Crippen LogP contribution in [0.5, 0.6) is 11.5 Å². The van der Waals surface area contributed by atoms with E-state index in [2.05, 4.69) is 12.1 Å². The number of rotatable bonds is 4. The maximum atomic E-state index is 13.2. The quantitative estimate of drug-likeness (QED) is 0.505. The molecule has 0 N–H and O–H groups in total. The second kappa shape index (κ2) is 8.03.